The normalized spacial score (nSPS) is 25.8. The van der Waals surface area contributed by atoms with Crippen LogP contribution in [0.3, 0.4) is 0 Å². The van der Waals surface area contributed by atoms with Crippen LogP contribution < -0.4 is 0 Å². The molecule has 1 unspecified atom stereocenters. The molecular weight excluding hydrogens is 216 g/mol. The fourth-order valence-corrected chi connectivity index (χ4v) is 3.08. The monoisotopic (exact) mass is 236 g/mol. The second-order valence-electron chi connectivity index (χ2n) is 5.10. The maximum atomic E-state index is 9.40. The summed E-state index contributed by atoms with van der Waals surface area (Å²) in [5, 5.41) is 9.40. The fourth-order valence-electron chi connectivity index (χ4n) is 3.08. The standard InChI is InChI=1S/C13H20N2O2/c16-9-11-2-1-5-15-12(11)8-14-13(15)10-3-6-17-7-4-10/h8,10-11,16H,1-7,9H2. The van der Waals surface area contributed by atoms with E-state index in [2.05, 4.69) is 9.55 Å². The van der Waals surface area contributed by atoms with Gasteiger partial charge in [-0.05, 0) is 25.7 Å². The van der Waals surface area contributed by atoms with Gasteiger partial charge in [0, 0.05) is 43.5 Å². The summed E-state index contributed by atoms with van der Waals surface area (Å²) in [6.45, 7) is 3.03. The van der Waals surface area contributed by atoms with Gasteiger partial charge in [-0.2, -0.15) is 0 Å². The first kappa shape index (κ1) is 11.2. The predicted octanol–water partition coefficient (Wildman–Crippen LogP) is 1.65. The number of ether oxygens (including phenoxy) is 1. The van der Waals surface area contributed by atoms with Crippen molar-refractivity contribution in [1.29, 1.82) is 0 Å². The zero-order valence-corrected chi connectivity index (χ0v) is 10.1. The second kappa shape index (κ2) is 4.78. The zero-order valence-electron chi connectivity index (χ0n) is 10.1. The Morgan fingerprint density at radius 3 is 2.94 bits per heavy atom. The number of aliphatic hydroxyl groups is 1. The number of imidazole rings is 1. The van der Waals surface area contributed by atoms with Crippen LogP contribution in [0.2, 0.25) is 0 Å². The molecule has 0 aromatic carbocycles. The highest BCUT2D eigenvalue weighted by atomic mass is 16.5. The van der Waals surface area contributed by atoms with Gasteiger partial charge in [0.05, 0.1) is 6.61 Å². The average molecular weight is 236 g/mol. The average Bonchev–Trinajstić information content (AvgIpc) is 2.83. The summed E-state index contributed by atoms with van der Waals surface area (Å²) in [7, 11) is 0. The lowest BCUT2D eigenvalue weighted by atomic mass is 9.95. The van der Waals surface area contributed by atoms with Crippen molar-refractivity contribution in [3.05, 3.63) is 17.7 Å². The van der Waals surface area contributed by atoms with E-state index in [1.54, 1.807) is 0 Å². The van der Waals surface area contributed by atoms with E-state index in [4.69, 9.17) is 4.74 Å². The van der Waals surface area contributed by atoms with Crippen LogP contribution in [-0.4, -0.2) is 34.5 Å². The summed E-state index contributed by atoms with van der Waals surface area (Å²) in [5.74, 6) is 2.07. The Morgan fingerprint density at radius 2 is 2.18 bits per heavy atom. The van der Waals surface area contributed by atoms with E-state index < -0.39 is 0 Å². The van der Waals surface area contributed by atoms with Crippen molar-refractivity contribution in [3.8, 4) is 0 Å². The molecule has 1 fully saturated rings. The van der Waals surface area contributed by atoms with Crippen molar-refractivity contribution in [2.75, 3.05) is 19.8 Å². The first-order valence-electron chi connectivity index (χ1n) is 6.64. The van der Waals surface area contributed by atoms with E-state index in [0.29, 0.717) is 11.8 Å². The van der Waals surface area contributed by atoms with Crippen molar-refractivity contribution in [2.24, 2.45) is 0 Å². The Kier molecular flexibility index (Phi) is 3.16. The quantitative estimate of drug-likeness (QED) is 0.849. The molecule has 4 nitrogen and oxygen atoms in total. The molecule has 3 heterocycles. The molecule has 0 saturated carbocycles. The Labute approximate surface area is 102 Å². The van der Waals surface area contributed by atoms with E-state index in [0.717, 1.165) is 45.4 Å². The summed E-state index contributed by atoms with van der Waals surface area (Å²) in [4.78, 5) is 4.62. The molecule has 1 aromatic rings. The number of rotatable bonds is 2. The molecule has 0 bridgehead atoms. The van der Waals surface area contributed by atoms with Gasteiger partial charge in [-0.1, -0.05) is 0 Å². The molecule has 1 saturated heterocycles. The minimum Gasteiger partial charge on any atom is -0.396 e. The largest absolute Gasteiger partial charge is 0.396 e. The van der Waals surface area contributed by atoms with Gasteiger partial charge in [0.2, 0.25) is 0 Å². The fraction of sp³-hybridized carbons (Fsp3) is 0.769. The van der Waals surface area contributed by atoms with Crippen molar-refractivity contribution in [1.82, 2.24) is 9.55 Å². The first-order valence-corrected chi connectivity index (χ1v) is 6.64. The van der Waals surface area contributed by atoms with Crippen molar-refractivity contribution in [3.63, 3.8) is 0 Å². The molecule has 17 heavy (non-hydrogen) atoms. The van der Waals surface area contributed by atoms with Crippen LogP contribution in [0.5, 0.6) is 0 Å². The molecule has 4 heteroatoms. The van der Waals surface area contributed by atoms with Crippen LogP contribution in [0.25, 0.3) is 0 Å². The first-order chi connectivity index (χ1) is 8.40. The molecule has 1 N–H and O–H groups in total. The lowest BCUT2D eigenvalue weighted by Gasteiger charge is -2.27. The third-order valence-corrected chi connectivity index (χ3v) is 4.08. The SMILES string of the molecule is OCC1CCCn2c1cnc2C1CCOCC1. The Hall–Kier alpha value is -0.870. The Balaban J connectivity index is 1.88. The van der Waals surface area contributed by atoms with Crippen molar-refractivity contribution >= 4 is 0 Å². The van der Waals surface area contributed by atoms with Crippen LogP contribution in [0.1, 0.15) is 49.0 Å². The summed E-state index contributed by atoms with van der Waals surface area (Å²) >= 11 is 0. The minimum absolute atomic E-state index is 0.249. The number of hydrogen-bond donors (Lipinski definition) is 1. The summed E-state index contributed by atoms with van der Waals surface area (Å²) < 4.78 is 7.75. The van der Waals surface area contributed by atoms with E-state index in [-0.39, 0.29) is 6.61 Å². The zero-order chi connectivity index (χ0) is 11.7. The summed E-state index contributed by atoms with van der Waals surface area (Å²) in [6, 6.07) is 0. The highest BCUT2D eigenvalue weighted by Gasteiger charge is 2.27. The molecule has 0 amide bonds. The highest BCUT2D eigenvalue weighted by Crippen LogP contribution is 2.33. The van der Waals surface area contributed by atoms with Crippen LogP contribution in [0.4, 0.5) is 0 Å². The number of fused-ring (bicyclic) bond motifs is 1. The summed E-state index contributed by atoms with van der Waals surface area (Å²) in [5.41, 5.74) is 1.24. The Morgan fingerprint density at radius 1 is 1.35 bits per heavy atom. The topological polar surface area (TPSA) is 47.3 Å². The molecule has 1 atom stereocenters. The van der Waals surface area contributed by atoms with Gasteiger partial charge in [0.15, 0.2) is 0 Å². The maximum Gasteiger partial charge on any atom is 0.112 e. The summed E-state index contributed by atoms with van der Waals surface area (Å²) in [6.07, 6.45) is 6.39. The van der Waals surface area contributed by atoms with Gasteiger partial charge in [-0.3, -0.25) is 0 Å². The Bertz CT molecular complexity index is 383. The second-order valence-corrected chi connectivity index (χ2v) is 5.10. The van der Waals surface area contributed by atoms with Crippen LogP contribution in [0, 0.1) is 0 Å². The lowest BCUT2D eigenvalue weighted by molar-refractivity contribution is 0.0825. The third kappa shape index (κ3) is 2.00. The molecule has 2 aliphatic rings. The van der Waals surface area contributed by atoms with Gasteiger partial charge >= 0.3 is 0 Å². The molecule has 1 aromatic heterocycles. The molecule has 94 valence electrons. The third-order valence-electron chi connectivity index (χ3n) is 4.08. The lowest BCUT2D eigenvalue weighted by Crippen LogP contribution is -2.23. The number of hydrogen-bond acceptors (Lipinski definition) is 3. The minimum atomic E-state index is 0.249. The van der Waals surface area contributed by atoms with Crippen molar-refractivity contribution < 1.29 is 9.84 Å². The van der Waals surface area contributed by atoms with Gasteiger partial charge in [0.1, 0.15) is 5.82 Å². The van der Waals surface area contributed by atoms with E-state index >= 15 is 0 Å². The predicted molar refractivity (Wildman–Crippen MR) is 64.1 cm³/mol. The molecule has 0 radical (unpaired) electrons. The smallest absolute Gasteiger partial charge is 0.112 e. The molecule has 3 rings (SSSR count). The molecular formula is C13H20N2O2. The van der Waals surface area contributed by atoms with E-state index in [9.17, 15) is 5.11 Å². The number of aromatic nitrogens is 2. The highest BCUT2D eigenvalue weighted by molar-refractivity contribution is 5.16. The number of aliphatic hydroxyl groups excluding tert-OH is 1. The van der Waals surface area contributed by atoms with Crippen molar-refractivity contribution in [2.45, 2.75) is 44.1 Å². The van der Waals surface area contributed by atoms with E-state index in [1.807, 2.05) is 6.20 Å². The van der Waals surface area contributed by atoms with Gasteiger partial charge in [0.25, 0.3) is 0 Å². The van der Waals surface area contributed by atoms with Crippen LogP contribution in [0.15, 0.2) is 6.20 Å². The van der Waals surface area contributed by atoms with E-state index in [1.165, 1.54) is 11.5 Å². The molecule has 2 aliphatic heterocycles. The van der Waals surface area contributed by atoms with Gasteiger partial charge in [-0.25, -0.2) is 4.98 Å². The van der Waals surface area contributed by atoms with Gasteiger partial charge in [-0.15, -0.1) is 0 Å². The van der Waals surface area contributed by atoms with Crippen LogP contribution in [-0.2, 0) is 11.3 Å². The molecule has 0 aliphatic carbocycles. The maximum absolute atomic E-state index is 9.40. The van der Waals surface area contributed by atoms with Crippen LogP contribution >= 0.6 is 0 Å². The number of nitrogens with zero attached hydrogens (tertiary/aromatic N) is 2. The molecule has 0 spiro atoms. The van der Waals surface area contributed by atoms with Gasteiger partial charge < -0.3 is 14.4 Å².